The molecule has 16 heteroatoms. The van der Waals surface area contributed by atoms with Gasteiger partial charge in [0, 0.05) is 48.9 Å². The minimum Gasteiger partial charge on any atom is -0.460 e. The van der Waals surface area contributed by atoms with E-state index in [-0.39, 0.29) is 62.7 Å². The Kier molecular flexibility index (Phi) is 10.5. The summed E-state index contributed by atoms with van der Waals surface area (Å²) in [6.45, 7) is 5.96. The summed E-state index contributed by atoms with van der Waals surface area (Å²) in [4.78, 5) is 78.4. The van der Waals surface area contributed by atoms with E-state index in [2.05, 4.69) is 15.0 Å². The van der Waals surface area contributed by atoms with Crippen LogP contribution in [-0.2, 0) is 33.9 Å². The predicted octanol–water partition coefficient (Wildman–Crippen LogP) is 3.73. The van der Waals surface area contributed by atoms with E-state index in [0.717, 1.165) is 18.4 Å². The standard InChI is InChI=1S/C42H51N5O10S/c1-41(2,3)57-35(48)19-26-10-7-5-4-6-8-11-28-20-42(28,40(52)45-58(53,54)29-15-16-29)44-37(49)36-30-23-46(21-27(30)22-47(36)38(26)50)39(51)32-13-9-12-31(43-32)25-14-17-33-34(18-25)56-24-55-33/h8-9,11-14,17-18,26-30,36H,4-7,10,15-16,19-24H2,1-3H3,(H,44,49)(H,45,52)/b11-8-/t26-,27+,28-,30+,36+,42-/m1/s1. The largest absolute Gasteiger partial charge is 0.460 e. The first-order valence-corrected chi connectivity index (χ1v) is 21.9. The van der Waals surface area contributed by atoms with Gasteiger partial charge in [0.25, 0.3) is 11.8 Å². The Balaban J connectivity index is 1.07. The molecule has 58 heavy (non-hydrogen) atoms. The van der Waals surface area contributed by atoms with E-state index in [1.54, 1.807) is 49.9 Å². The summed E-state index contributed by atoms with van der Waals surface area (Å²) >= 11 is 0. The average molecular weight is 818 g/mol. The summed E-state index contributed by atoms with van der Waals surface area (Å²) < 4.78 is 44.7. The number of ether oxygens (including phenoxy) is 3. The molecule has 0 unspecified atom stereocenters. The van der Waals surface area contributed by atoms with Crippen molar-refractivity contribution < 1.29 is 46.6 Å². The number of likely N-dealkylation sites (tertiary alicyclic amines) is 1. The highest BCUT2D eigenvalue weighted by Gasteiger charge is 2.63. The number of benzene rings is 1. The SMILES string of the molecule is CC(C)(C)OC(=O)C[C@H]1CCCCC/C=C\[C@@H]2C[C@@]2(C(=O)NS(=O)(=O)C2CC2)NC(=O)[C@@H]2[C@H]3CN(C(=O)c4cccc(-c5ccc6c(c5)OCO6)n4)C[C@H]3CN2C1=O. The van der Waals surface area contributed by atoms with Crippen LogP contribution in [0.5, 0.6) is 11.5 Å². The van der Waals surface area contributed by atoms with Gasteiger partial charge in [0.15, 0.2) is 11.5 Å². The normalized spacial score (nSPS) is 28.9. The first-order chi connectivity index (χ1) is 27.6. The van der Waals surface area contributed by atoms with Crippen molar-refractivity contribution in [2.45, 2.75) is 101 Å². The second-order valence-corrected chi connectivity index (χ2v) is 19.5. The van der Waals surface area contributed by atoms with Gasteiger partial charge in [0.1, 0.15) is 22.9 Å². The third kappa shape index (κ3) is 8.16. The Bertz CT molecular complexity index is 2150. The highest BCUT2D eigenvalue weighted by atomic mass is 32.2. The molecule has 2 aliphatic carbocycles. The third-order valence-electron chi connectivity index (χ3n) is 12.1. The lowest BCUT2D eigenvalue weighted by molar-refractivity contribution is -0.159. The van der Waals surface area contributed by atoms with Gasteiger partial charge in [-0.05, 0) is 89.6 Å². The van der Waals surface area contributed by atoms with E-state index >= 15 is 0 Å². The number of carbonyl (C=O) groups excluding carboxylic acids is 5. The molecule has 2 N–H and O–H groups in total. The molecule has 1 aromatic heterocycles. The van der Waals surface area contributed by atoms with Crippen LogP contribution in [0.2, 0.25) is 0 Å². The number of nitrogens with zero attached hydrogens (tertiary/aromatic N) is 3. The van der Waals surface area contributed by atoms with Crippen molar-refractivity contribution in [2.24, 2.45) is 23.7 Å². The Labute approximate surface area is 338 Å². The van der Waals surface area contributed by atoms with Crippen molar-refractivity contribution in [2.75, 3.05) is 26.4 Å². The molecule has 6 atom stereocenters. The van der Waals surface area contributed by atoms with Gasteiger partial charge < -0.3 is 29.3 Å². The summed E-state index contributed by atoms with van der Waals surface area (Å²) in [6.07, 6.45) is 8.21. The zero-order chi connectivity index (χ0) is 41.0. The number of aromatic nitrogens is 1. The molecule has 4 amide bonds. The van der Waals surface area contributed by atoms with Gasteiger partial charge in [-0.1, -0.05) is 31.1 Å². The molecule has 0 spiro atoms. The van der Waals surface area contributed by atoms with Crippen molar-refractivity contribution >= 4 is 39.6 Å². The van der Waals surface area contributed by atoms with Gasteiger partial charge in [-0.15, -0.1) is 0 Å². The lowest BCUT2D eigenvalue weighted by atomic mass is 9.92. The van der Waals surface area contributed by atoms with Crippen LogP contribution in [0, 0.1) is 23.7 Å². The highest BCUT2D eigenvalue weighted by Crippen LogP contribution is 2.47. The van der Waals surface area contributed by atoms with Crippen LogP contribution in [0.15, 0.2) is 48.6 Å². The smallest absolute Gasteiger partial charge is 0.307 e. The Morgan fingerprint density at radius 2 is 1.79 bits per heavy atom. The maximum atomic E-state index is 14.7. The number of fused-ring (bicyclic) bond motifs is 5. The van der Waals surface area contributed by atoms with Crippen molar-refractivity contribution in [3.8, 4) is 22.8 Å². The number of rotatable bonds is 7. The molecule has 15 nitrogen and oxygen atoms in total. The number of pyridine rings is 1. The summed E-state index contributed by atoms with van der Waals surface area (Å²) in [6, 6.07) is 9.54. The number of hydrogen-bond acceptors (Lipinski definition) is 11. The fraction of sp³-hybridized carbons (Fsp3) is 0.571. The molecule has 310 valence electrons. The van der Waals surface area contributed by atoms with E-state index in [9.17, 15) is 32.4 Å². The molecule has 1 aromatic carbocycles. The fourth-order valence-corrected chi connectivity index (χ4v) is 10.2. The minimum atomic E-state index is -3.91. The van der Waals surface area contributed by atoms with E-state index in [1.165, 1.54) is 4.90 Å². The average Bonchev–Trinajstić information content (AvgIpc) is 4.00. The van der Waals surface area contributed by atoms with Crippen molar-refractivity contribution in [3.63, 3.8) is 0 Å². The zero-order valence-corrected chi connectivity index (χ0v) is 33.9. The van der Waals surface area contributed by atoms with Gasteiger partial charge in [-0.2, -0.15) is 0 Å². The number of esters is 1. The van der Waals surface area contributed by atoms with Crippen LogP contribution in [0.25, 0.3) is 11.3 Å². The maximum absolute atomic E-state index is 14.7. The lowest BCUT2D eigenvalue weighted by Gasteiger charge is -2.33. The zero-order valence-electron chi connectivity index (χ0n) is 33.1. The van der Waals surface area contributed by atoms with Crippen LogP contribution >= 0.6 is 0 Å². The molecule has 8 rings (SSSR count). The Hall–Kier alpha value is -4.99. The molecule has 0 radical (unpaired) electrons. The van der Waals surface area contributed by atoms with Crippen LogP contribution in [0.4, 0.5) is 0 Å². The minimum absolute atomic E-state index is 0.128. The number of sulfonamides is 1. The van der Waals surface area contributed by atoms with Crippen LogP contribution in [0.1, 0.15) is 89.0 Å². The number of nitrogens with one attached hydrogen (secondary N) is 2. The van der Waals surface area contributed by atoms with Gasteiger partial charge in [-0.25, -0.2) is 13.4 Å². The number of carbonyl (C=O) groups is 5. The summed E-state index contributed by atoms with van der Waals surface area (Å²) in [5, 5.41) is 2.30. The van der Waals surface area contributed by atoms with E-state index in [4.69, 9.17) is 14.2 Å². The summed E-state index contributed by atoms with van der Waals surface area (Å²) in [7, 11) is -3.91. The van der Waals surface area contributed by atoms with Crippen molar-refractivity contribution in [3.05, 3.63) is 54.2 Å². The van der Waals surface area contributed by atoms with Crippen molar-refractivity contribution in [1.29, 1.82) is 0 Å². The van der Waals surface area contributed by atoms with Gasteiger partial charge in [0.2, 0.25) is 28.6 Å². The molecule has 6 aliphatic rings. The number of hydrogen-bond donors (Lipinski definition) is 2. The van der Waals surface area contributed by atoms with Gasteiger partial charge in [0.05, 0.1) is 17.4 Å². The van der Waals surface area contributed by atoms with Gasteiger partial charge in [-0.3, -0.25) is 28.7 Å². The molecule has 4 aliphatic heterocycles. The molecule has 5 heterocycles. The molecule has 0 bridgehead atoms. The van der Waals surface area contributed by atoms with Crippen LogP contribution < -0.4 is 19.5 Å². The number of amides is 4. The number of allylic oxidation sites excluding steroid dienone is 1. The lowest BCUT2D eigenvalue weighted by Crippen LogP contribution is -2.58. The predicted molar refractivity (Wildman–Crippen MR) is 209 cm³/mol. The van der Waals surface area contributed by atoms with E-state index < -0.39 is 68.0 Å². The van der Waals surface area contributed by atoms with Crippen LogP contribution in [-0.4, -0.2) is 102 Å². The maximum Gasteiger partial charge on any atom is 0.307 e. The Morgan fingerprint density at radius 1 is 1.00 bits per heavy atom. The molecule has 2 saturated heterocycles. The van der Waals surface area contributed by atoms with E-state index in [0.29, 0.717) is 49.3 Å². The fourth-order valence-electron chi connectivity index (χ4n) is 8.89. The highest BCUT2D eigenvalue weighted by molar-refractivity contribution is 7.91. The summed E-state index contributed by atoms with van der Waals surface area (Å²) in [5.74, 6) is -3.36. The van der Waals surface area contributed by atoms with E-state index in [1.807, 2.05) is 24.3 Å². The first kappa shape index (κ1) is 39.8. The monoisotopic (exact) mass is 817 g/mol. The second kappa shape index (κ2) is 15.3. The molecule has 2 aromatic rings. The second-order valence-electron chi connectivity index (χ2n) is 17.5. The molecule has 2 saturated carbocycles. The van der Waals surface area contributed by atoms with Crippen molar-refractivity contribution in [1.82, 2.24) is 24.8 Å². The molecule has 4 fully saturated rings. The third-order valence-corrected chi connectivity index (χ3v) is 13.9. The quantitative estimate of drug-likeness (QED) is 0.306. The van der Waals surface area contributed by atoms with Gasteiger partial charge >= 0.3 is 5.97 Å². The first-order valence-electron chi connectivity index (χ1n) is 20.4. The topological polar surface area (TPSA) is 191 Å². The molecular formula is C42H51N5O10S. The molecular weight excluding hydrogens is 767 g/mol. The van der Waals surface area contributed by atoms with Crippen LogP contribution in [0.3, 0.4) is 0 Å². The summed E-state index contributed by atoms with van der Waals surface area (Å²) in [5.41, 5.74) is -0.747. The Morgan fingerprint density at radius 3 is 2.57 bits per heavy atom.